The Morgan fingerprint density at radius 2 is 2.17 bits per heavy atom. The van der Waals surface area contributed by atoms with Gasteiger partial charge < -0.3 is 10.4 Å². The molecule has 0 spiro atoms. The molecule has 1 aromatic carbocycles. The standard InChI is InChI=1S/C13H18BrNO2S/c1-13(17,7-8-18-2)9-15-12(16)10-5-3-4-6-11(10)14/h3-6,17H,7-9H2,1-2H3,(H,15,16)/t13-/m1/s1. The zero-order valence-corrected chi connectivity index (χ0v) is 13.0. The van der Waals surface area contributed by atoms with Gasteiger partial charge in [0.15, 0.2) is 0 Å². The molecule has 0 aliphatic heterocycles. The Morgan fingerprint density at radius 3 is 2.78 bits per heavy atom. The van der Waals surface area contributed by atoms with E-state index < -0.39 is 5.60 Å². The highest BCUT2D eigenvalue weighted by Crippen LogP contribution is 2.16. The van der Waals surface area contributed by atoms with Crippen molar-refractivity contribution >= 4 is 33.6 Å². The number of carbonyl (C=O) groups is 1. The van der Waals surface area contributed by atoms with Crippen LogP contribution in [0.1, 0.15) is 23.7 Å². The lowest BCUT2D eigenvalue weighted by molar-refractivity contribution is 0.0528. The lowest BCUT2D eigenvalue weighted by atomic mass is 10.0. The van der Waals surface area contributed by atoms with Gasteiger partial charge in [-0.15, -0.1) is 0 Å². The smallest absolute Gasteiger partial charge is 0.252 e. The van der Waals surface area contributed by atoms with Gasteiger partial charge in [0.1, 0.15) is 0 Å². The van der Waals surface area contributed by atoms with E-state index in [1.807, 2.05) is 24.5 Å². The van der Waals surface area contributed by atoms with Gasteiger partial charge in [-0.05, 0) is 53.4 Å². The van der Waals surface area contributed by atoms with Crippen LogP contribution in [0.4, 0.5) is 0 Å². The zero-order valence-electron chi connectivity index (χ0n) is 10.6. The van der Waals surface area contributed by atoms with E-state index in [4.69, 9.17) is 0 Å². The van der Waals surface area contributed by atoms with Crippen LogP contribution < -0.4 is 5.32 Å². The number of hydrogen-bond acceptors (Lipinski definition) is 3. The Kier molecular flexibility index (Phi) is 6.18. The molecule has 0 saturated carbocycles. The first kappa shape index (κ1) is 15.5. The summed E-state index contributed by atoms with van der Waals surface area (Å²) in [4.78, 5) is 11.9. The molecule has 0 heterocycles. The largest absolute Gasteiger partial charge is 0.388 e. The molecule has 3 nitrogen and oxygen atoms in total. The van der Waals surface area contributed by atoms with Crippen molar-refractivity contribution < 1.29 is 9.90 Å². The Bertz CT molecular complexity index is 410. The van der Waals surface area contributed by atoms with Gasteiger partial charge in [-0.1, -0.05) is 12.1 Å². The summed E-state index contributed by atoms with van der Waals surface area (Å²) < 4.78 is 0.756. The van der Waals surface area contributed by atoms with Crippen molar-refractivity contribution in [3.05, 3.63) is 34.3 Å². The number of carbonyl (C=O) groups excluding carboxylic acids is 1. The predicted octanol–water partition coefficient (Wildman–Crippen LogP) is 2.68. The molecule has 0 bridgehead atoms. The molecule has 1 amide bonds. The van der Waals surface area contributed by atoms with Crippen molar-refractivity contribution in [3.63, 3.8) is 0 Å². The van der Waals surface area contributed by atoms with Crippen LogP contribution in [0.15, 0.2) is 28.7 Å². The minimum atomic E-state index is -0.861. The molecule has 5 heteroatoms. The summed E-state index contributed by atoms with van der Waals surface area (Å²) in [5.74, 6) is 0.699. The third kappa shape index (κ3) is 5.00. The molecule has 0 aliphatic carbocycles. The Balaban J connectivity index is 2.54. The van der Waals surface area contributed by atoms with Crippen molar-refractivity contribution in [1.82, 2.24) is 5.32 Å². The maximum Gasteiger partial charge on any atom is 0.252 e. The van der Waals surface area contributed by atoms with Crippen LogP contribution in [0.25, 0.3) is 0 Å². The van der Waals surface area contributed by atoms with E-state index in [2.05, 4.69) is 21.2 Å². The molecule has 0 unspecified atom stereocenters. The minimum Gasteiger partial charge on any atom is -0.388 e. The minimum absolute atomic E-state index is 0.174. The van der Waals surface area contributed by atoms with Crippen molar-refractivity contribution in [2.24, 2.45) is 0 Å². The molecular formula is C13H18BrNO2S. The van der Waals surface area contributed by atoms with E-state index in [1.54, 1.807) is 24.8 Å². The van der Waals surface area contributed by atoms with Gasteiger partial charge in [0, 0.05) is 11.0 Å². The van der Waals surface area contributed by atoms with Crippen LogP contribution in [-0.2, 0) is 0 Å². The average molecular weight is 332 g/mol. The summed E-state index contributed by atoms with van der Waals surface area (Å²) in [7, 11) is 0. The Morgan fingerprint density at radius 1 is 1.50 bits per heavy atom. The SMILES string of the molecule is CSCC[C@@](C)(O)CNC(=O)c1ccccc1Br. The number of benzene rings is 1. The Labute approximate surface area is 120 Å². The van der Waals surface area contributed by atoms with Gasteiger partial charge in [0.25, 0.3) is 5.91 Å². The van der Waals surface area contributed by atoms with E-state index >= 15 is 0 Å². The molecule has 0 aromatic heterocycles. The fourth-order valence-corrected chi connectivity index (χ4v) is 2.53. The predicted molar refractivity (Wildman–Crippen MR) is 80.1 cm³/mol. The van der Waals surface area contributed by atoms with Crippen molar-refractivity contribution in [3.8, 4) is 0 Å². The topological polar surface area (TPSA) is 49.3 Å². The van der Waals surface area contributed by atoms with Gasteiger partial charge in [-0.2, -0.15) is 11.8 Å². The molecule has 2 N–H and O–H groups in total. The second-order valence-electron chi connectivity index (χ2n) is 4.40. The van der Waals surface area contributed by atoms with Crippen LogP contribution >= 0.6 is 27.7 Å². The highest BCUT2D eigenvalue weighted by atomic mass is 79.9. The summed E-state index contributed by atoms with van der Waals surface area (Å²) in [5.41, 5.74) is -0.280. The fourth-order valence-electron chi connectivity index (χ4n) is 1.42. The molecule has 100 valence electrons. The Hall–Kier alpha value is -0.520. The summed E-state index contributed by atoms with van der Waals surface area (Å²) in [6.45, 7) is 2.00. The maximum absolute atomic E-state index is 11.9. The maximum atomic E-state index is 11.9. The number of thioether (sulfide) groups is 1. The van der Waals surface area contributed by atoms with E-state index in [9.17, 15) is 9.90 Å². The normalized spacial score (nSPS) is 14.0. The van der Waals surface area contributed by atoms with Gasteiger partial charge in [0.05, 0.1) is 11.2 Å². The quantitative estimate of drug-likeness (QED) is 0.842. The van der Waals surface area contributed by atoms with Crippen LogP contribution in [-0.4, -0.2) is 35.2 Å². The van der Waals surface area contributed by atoms with Crippen LogP contribution in [0.2, 0.25) is 0 Å². The third-order valence-electron chi connectivity index (χ3n) is 2.59. The van der Waals surface area contributed by atoms with Gasteiger partial charge in [-0.25, -0.2) is 0 Å². The number of rotatable bonds is 6. The van der Waals surface area contributed by atoms with Crippen molar-refractivity contribution in [1.29, 1.82) is 0 Å². The first-order chi connectivity index (χ1) is 8.46. The second kappa shape index (κ2) is 7.16. The van der Waals surface area contributed by atoms with E-state index in [0.29, 0.717) is 12.0 Å². The van der Waals surface area contributed by atoms with Crippen LogP contribution in [0.3, 0.4) is 0 Å². The molecular weight excluding hydrogens is 314 g/mol. The van der Waals surface area contributed by atoms with E-state index in [0.717, 1.165) is 10.2 Å². The van der Waals surface area contributed by atoms with E-state index in [1.165, 1.54) is 0 Å². The van der Waals surface area contributed by atoms with E-state index in [-0.39, 0.29) is 12.5 Å². The lowest BCUT2D eigenvalue weighted by Crippen LogP contribution is -2.41. The van der Waals surface area contributed by atoms with Crippen LogP contribution in [0.5, 0.6) is 0 Å². The molecule has 0 radical (unpaired) electrons. The van der Waals surface area contributed by atoms with Crippen molar-refractivity contribution in [2.45, 2.75) is 18.9 Å². The first-order valence-corrected chi connectivity index (χ1v) is 7.89. The molecule has 1 rings (SSSR count). The average Bonchev–Trinajstić information content (AvgIpc) is 2.34. The molecule has 18 heavy (non-hydrogen) atoms. The van der Waals surface area contributed by atoms with Gasteiger partial charge in [0.2, 0.25) is 0 Å². The summed E-state index contributed by atoms with van der Waals surface area (Å²) in [6, 6.07) is 7.23. The van der Waals surface area contributed by atoms with Gasteiger partial charge >= 0.3 is 0 Å². The second-order valence-corrected chi connectivity index (χ2v) is 6.24. The molecule has 0 saturated heterocycles. The summed E-state index contributed by atoms with van der Waals surface area (Å²) in [6.07, 6.45) is 2.65. The van der Waals surface area contributed by atoms with Crippen LogP contribution in [0, 0.1) is 0 Å². The number of hydrogen-bond donors (Lipinski definition) is 2. The zero-order chi connectivity index (χ0) is 13.6. The first-order valence-electron chi connectivity index (χ1n) is 5.70. The number of nitrogens with one attached hydrogen (secondary N) is 1. The highest BCUT2D eigenvalue weighted by Gasteiger charge is 2.21. The monoisotopic (exact) mass is 331 g/mol. The van der Waals surface area contributed by atoms with Gasteiger partial charge in [-0.3, -0.25) is 4.79 Å². The molecule has 0 aliphatic rings. The number of aliphatic hydroxyl groups is 1. The fraction of sp³-hybridized carbons (Fsp3) is 0.462. The lowest BCUT2D eigenvalue weighted by Gasteiger charge is -2.23. The molecule has 1 atom stereocenters. The molecule has 0 fully saturated rings. The number of halogens is 1. The molecule has 1 aromatic rings. The highest BCUT2D eigenvalue weighted by molar-refractivity contribution is 9.10. The van der Waals surface area contributed by atoms with Crippen molar-refractivity contribution in [2.75, 3.05) is 18.6 Å². The summed E-state index contributed by atoms with van der Waals surface area (Å²) >= 11 is 5.01. The summed E-state index contributed by atoms with van der Waals surface area (Å²) in [5, 5.41) is 12.8. The number of amides is 1. The third-order valence-corrected chi connectivity index (χ3v) is 3.90.